The summed E-state index contributed by atoms with van der Waals surface area (Å²) in [5, 5.41) is 0. The number of hydrogen-bond donors (Lipinski definition) is 1. The number of hydrogen-bond acceptors (Lipinski definition) is 4. The van der Waals surface area contributed by atoms with Gasteiger partial charge in [0, 0.05) is 36.0 Å². The highest BCUT2D eigenvalue weighted by Gasteiger charge is 2.27. The molecule has 0 fully saturated rings. The molecule has 2 rings (SSSR count). The van der Waals surface area contributed by atoms with Crippen molar-refractivity contribution in [2.45, 2.75) is 17.5 Å². The standard InChI is InChI=1S/C13H17F3N2OS/c14-13(15,16)9-19-6-1-4-18-5-7-20-12-3-2-10(17)8-11(12)18/h2-3,8H,1,4-7,9,17H2. The molecule has 7 heteroatoms. The summed E-state index contributed by atoms with van der Waals surface area (Å²) in [6.07, 6.45) is -3.68. The van der Waals surface area contributed by atoms with Gasteiger partial charge in [-0.3, -0.25) is 0 Å². The van der Waals surface area contributed by atoms with Gasteiger partial charge in [-0.25, -0.2) is 0 Å². The van der Waals surface area contributed by atoms with Crippen LogP contribution in [0.4, 0.5) is 24.5 Å². The first-order valence-corrected chi connectivity index (χ1v) is 7.36. The molecule has 3 nitrogen and oxygen atoms in total. The lowest BCUT2D eigenvalue weighted by Crippen LogP contribution is -2.31. The van der Waals surface area contributed by atoms with E-state index in [1.54, 1.807) is 11.8 Å². The van der Waals surface area contributed by atoms with Gasteiger partial charge >= 0.3 is 6.18 Å². The average Bonchev–Trinajstić information content (AvgIpc) is 2.37. The number of ether oxygens (including phenoxy) is 1. The number of rotatable bonds is 5. The molecular weight excluding hydrogens is 289 g/mol. The third kappa shape index (κ3) is 4.49. The molecule has 1 heterocycles. The van der Waals surface area contributed by atoms with E-state index >= 15 is 0 Å². The van der Waals surface area contributed by atoms with Crippen molar-refractivity contribution in [3.05, 3.63) is 18.2 Å². The van der Waals surface area contributed by atoms with Crippen LogP contribution in [0.15, 0.2) is 23.1 Å². The van der Waals surface area contributed by atoms with Crippen molar-refractivity contribution in [3.63, 3.8) is 0 Å². The van der Waals surface area contributed by atoms with Crippen LogP contribution in [0.3, 0.4) is 0 Å². The molecule has 0 saturated heterocycles. The monoisotopic (exact) mass is 306 g/mol. The first kappa shape index (κ1) is 15.3. The van der Waals surface area contributed by atoms with Gasteiger partial charge in [0.05, 0.1) is 5.69 Å². The lowest BCUT2D eigenvalue weighted by Gasteiger charge is -2.31. The van der Waals surface area contributed by atoms with Crippen LogP contribution < -0.4 is 10.6 Å². The molecule has 0 aliphatic carbocycles. The van der Waals surface area contributed by atoms with E-state index in [1.807, 2.05) is 18.2 Å². The van der Waals surface area contributed by atoms with Crippen molar-refractivity contribution in [2.24, 2.45) is 0 Å². The fourth-order valence-corrected chi connectivity index (χ4v) is 3.10. The number of nitrogens with zero attached hydrogens (tertiary/aromatic N) is 1. The smallest absolute Gasteiger partial charge is 0.399 e. The maximum atomic E-state index is 11.9. The molecule has 1 aromatic rings. The van der Waals surface area contributed by atoms with Crippen LogP contribution in [0.2, 0.25) is 0 Å². The van der Waals surface area contributed by atoms with Gasteiger partial charge in [-0.05, 0) is 24.6 Å². The average molecular weight is 306 g/mol. The summed E-state index contributed by atoms with van der Waals surface area (Å²) in [5.41, 5.74) is 7.55. The Morgan fingerprint density at radius 2 is 2.15 bits per heavy atom. The summed E-state index contributed by atoms with van der Waals surface area (Å²) in [6, 6.07) is 5.77. The first-order valence-electron chi connectivity index (χ1n) is 6.37. The zero-order valence-electron chi connectivity index (χ0n) is 10.9. The topological polar surface area (TPSA) is 38.5 Å². The van der Waals surface area contributed by atoms with E-state index in [1.165, 1.54) is 4.90 Å². The fraction of sp³-hybridized carbons (Fsp3) is 0.538. The van der Waals surface area contributed by atoms with E-state index in [0.717, 1.165) is 18.0 Å². The number of benzene rings is 1. The van der Waals surface area contributed by atoms with Crippen molar-refractivity contribution >= 4 is 23.1 Å². The normalized spacial score (nSPS) is 15.2. The number of fused-ring (bicyclic) bond motifs is 1. The minimum absolute atomic E-state index is 0.112. The summed E-state index contributed by atoms with van der Waals surface area (Å²) in [4.78, 5) is 3.32. The van der Waals surface area contributed by atoms with Crippen molar-refractivity contribution in [2.75, 3.05) is 42.7 Å². The van der Waals surface area contributed by atoms with Crippen LogP contribution in [0.1, 0.15) is 6.42 Å². The van der Waals surface area contributed by atoms with Crippen LogP contribution >= 0.6 is 11.8 Å². The summed E-state index contributed by atoms with van der Waals surface area (Å²) >= 11 is 1.77. The van der Waals surface area contributed by atoms with Gasteiger partial charge in [-0.2, -0.15) is 13.2 Å². The van der Waals surface area contributed by atoms with Gasteiger partial charge in [0.25, 0.3) is 0 Å². The first-order chi connectivity index (χ1) is 9.46. The van der Waals surface area contributed by atoms with Gasteiger partial charge < -0.3 is 15.4 Å². The Hall–Kier alpha value is -1.08. The Labute approximate surface area is 120 Å². The minimum Gasteiger partial charge on any atom is -0.399 e. The molecule has 0 bridgehead atoms. The Kier molecular flexibility index (Phi) is 5.04. The molecule has 112 valence electrons. The molecule has 1 aliphatic rings. The summed E-state index contributed by atoms with van der Waals surface area (Å²) in [5.74, 6) is 0.973. The van der Waals surface area contributed by atoms with Crippen molar-refractivity contribution in [1.82, 2.24) is 0 Å². The van der Waals surface area contributed by atoms with Gasteiger partial charge in [-0.15, -0.1) is 11.8 Å². The Morgan fingerprint density at radius 1 is 1.35 bits per heavy atom. The highest BCUT2D eigenvalue weighted by Crippen LogP contribution is 2.35. The summed E-state index contributed by atoms with van der Waals surface area (Å²) in [6.45, 7) is 0.489. The number of nitrogen functional groups attached to an aromatic ring is 1. The van der Waals surface area contributed by atoms with Crippen molar-refractivity contribution < 1.29 is 17.9 Å². The SMILES string of the molecule is Nc1ccc2c(c1)N(CCCOCC(F)(F)F)CCS2. The molecule has 1 aliphatic heterocycles. The molecule has 0 atom stereocenters. The molecule has 20 heavy (non-hydrogen) atoms. The Balaban J connectivity index is 1.82. The second-order valence-electron chi connectivity index (χ2n) is 4.58. The van der Waals surface area contributed by atoms with E-state index in [0.29, 0.717) is 18.7 Å². The largest absolute Gasteiger partial charge is 0.411 e. The molecule has 0 unspecified atom stereocenters. The Morgan fingerprint density at radius 3 is 2.90 bits per heavy atom. The quantitative estimate of drug-likeness (QED) is 0.670. The van der Waals surface area contributed by atoms with Crippen LogP contribution in [0.5, 0.6) is 0 Å². The number of thioether (sulfide) groups is 1. The third-order valence-corrected chi connectivity index (χ3v) is 3.97. The Bertz CT molecular complexity index is 454. The second-order valence-corrected chi connectivity index (χ2v) is 5.72. The van der Waals surface area contributed by atoms with E-state index in [2.05, 4.69) is 9.64 Å². The van der Waals surface area contributed by atoms with Gasteiger partial charge in [0.2, 0.25) is 0 Å². The number of anilines is 2. The molecule has 0 aromatic heterocycles. The molecule has 0 saturated carbocycles. The van der Waals surface area contributed by atoms with Crippen LogP contribution in [0, 0.1) is 0 Å². The number of alkyl halides is 3. The van der Waals surface area contributed by atoms with Gasteiger partial charge in [0.1, 0.15) is 6.61 Å². The van der Waals surface area contributed by atoms with Crippen LogP contribution in [-0.4, -0.2) is 38.2 Å². The van der Waals surface area contributed by atoms with E-state index in [9.17, 15) is 13.2 Å². The van der Waals surface area contributed by atoms with Gasteiger partial charge in [-0.1, -0.05) is 0 Å². The molecule has 0 spiro atoms. The molecule has 1 aromatic carbocycles. The molecule has 2 N–H and O–H groups in total. The van der Waals surface area contributed by atoms with E-state index < -0.39 is 12.8 Å². The highest BCUT2D eigenvalue weighted by atomic mass is 32.2. The van der Waals surface area contributed by atoms with E-state index in [-0.39, 0.29) is 6.61 Å². The maximum Gasteiger partial charge on any atom is 0.411 e. The second kappa shape index (κ2) is 6.58. The van der Waals surface area contributed by atoms with Gasteiger partial charge in [0.15, 0.2) is 0 Å². The zero-order valence-corrected chi connectivity index (χ0v) is 11.8. The summed E-state index contributed by atoms with van der Waals surface area (Å²) < 4.78 is 40.4. The number of halogens is 3. The lowest BCUT2D eigenvalue weighted by molar-refractivity contribution is -0.173. The highest BCUT2D eigenvalue weighted by molar-refractivity contribution is 7.99. The minimum atomic E-state index is -4.25. The third-order valence-electron chi connectivity index (χ3n) is 2.92. The number of nitrogens with two attached hydrogens (primary N) is 1. The van der Waals surface area contributed by atoms with Crippen molar-refractivity contribution in [3.8, 4) is 0 Å². The fourth-order valence-electron chi connectivity index (χ4n) is 2.07. The van der Waals surface area contributed by atoms with Crippen LogP contribution in [-0.2, 0) is 4.74 Å². The molecule has 0 radical (unpaired) electrons. The zero-order chi connectivity index (χ0) is 14.6. The van der Waals surface area contributed by atoms with Crippen molar-refractivity contribution in [1.29, 1.82) is 0 Å². The maximum absolute atomic E-state index is 11.9. The molecular formula is C13H17F3N2OS. The van der Waals surface area contributed by atoms with Crippen LogP contribution in [0.25, 0.3) is 0 Å². The molecule has 0 amide bonds. The predicted octanol–water partition coefficient (Wildman–Crippen LogP) is 3.15. The van der Waals surface area contributed by atoms with E-state index in [4.69, 9.17) is 5.73 Å². The summed E-state index contributed by atoms with van der Waals surface area (Å²) in [7, 11) is 0. The predicted molar refractivity (Wildman–Crippen MR) is 75.3 cm³/mol. The lowest BCUT2D eigenvalue weighted by atomic mass is 10.2.